The van der Waals surface area contributed by atoms with Gasteiger partial charge in [0.15, 0.2) is 12.4 Å². The maximum absolute atomic E-state index is 13.8. The molecule has 33 heavy (non-hydrogen) atoms. The number of hydrogen-bond donors (Lipinski definition) is 4. The first-order chi connectivity index (χ1) is 15.8. The molecular weight excluding hydrogens is 433 g/mol. The first-order valence-corrected chi connectivity index (χ1v) is 11.7. The lowest BCUT2D eigenvalue weighted by atomic mass is 9.93. The zero-order valence-electron chi connectivity index (χ0n) is 19.2. The van der Waals surface area contributed by atoms with Gasteiger partial charge in [-0.25, -0.2) is 9.18 Å². The molecule has 0 aromatic heterocycles. The molecule has 1 aromatic rings. The fourth-order valence-electron chi connectivity index (χ4n) is 4.25. The van der Waals surface area contributed by atoms with Crippen LogP contribution in [0.1, 0.15) is 46.0 Å². The molecule has 1 amide bonds. The number of benzene rings is 1. The van der Waals surface area contributed by atoms with E-state index >= 15 is 0 Å². The second-order valence-electron chi connectivity index (χ2n) is 9.29. The van der Waals surface area contributed by atoms with E-state index in [1.165, 1.54) is 31.0 Å². The summed E-state index contributed by atoms with van der Waals surface area (Å²) in [5.41, 5.74) is -0.0586. The van der Waals surface area contributed by atoms with Gasteiger partial charge in [0.05, 0.1) is 24.5 Å². The van der Waals surface area contributed by atoms with Gasteiger partial charge in [0.1, 0.15) is 11.9 Å². The van der Waals surface area contributed by atoms with Crippen LogP contribution in [0.15, 0.2) is 24.3 Å². The first kappa shape index (κ1) is 25.8. The lowest BCUT2D eigenvalue weighted by Gasteiger charge is -2.40. The zero-order valence-corrected chi connectivity index (χ0v) is 19.2. The Hall–Kier alpha value is -1.78. The largest absolute Gasteiger partial charge is 0.440 e. The molecule has 2 fully saturated rings. The predicted octanol–water partition coefficient (Wildman–Crippen LogP) is 3.05. The van der Waals surface area contributed by atoms with E-state index in [2.05, 4.69) is 12.2 Å². The standard InChI is InChI=1S/C24H36FNO7/c1-14(16-8-9-16)7-10-20(15(2)12-27)31-22-11-19(29)23(21(13-28)32-22)33-24(30)26-18-6-4-3-5-17(18)25/h3-6,14-16,19-23,27-29H,7-13H2,1-2H3,(H,26,30)/t14?,15-,19-,20+,21-,22?,23+/m1/s1. The lowest BCUT2D eigenvalue weighted by molar-refractivity contribution is -0.274. The van der Waals surface area contributed by atoms with Crippen molar-refractivity contribution in [1.82, 2.24) is 0 Å². The van der Waals surface area contributed by atoms with Crippen LogP contribution in [0.25, 0.3) is 0 Å². The summed E-state index contributed by atoms with van der Waals surface area (Å²) in [7, 11) is 0. The van der Waals surface area contributed by atoms with Gasteiger partial charge in [-0.3, -0.25) is 5.32 Å². The highest BCUT2D eigenvalue weighted by Gasteiger charge is 2.42. The number of carbonyl (C=O) groups excluding carboxylic acids is 1. The van der Waals surface area contributed by atoms with Crippen molar-refractivity contribution in [2.75, 3.05) is 18.5 Å². The molecule has 1 aliphatic carbocycles. The number of aliphatic hydroxyl groups is 3. The summed E-state index contributed by atoms with van der Waals surface area (Å²) in [6, 6.07) is 5.63. The Morgan fingerprint density at radius 3 is 2.61 bits per heavy atom. The van der Waals surface area contributed by atoms with E-state index in [0.717, 1.165) is 18.8 Å². The Kier molecular flexibility index (Phi) is 9.46. The number of nitrogens with one attached hydrogen (secondary N) is 1. The Morgan fingerprint density at radius 2 is 1.97 bits per heavy atom. The number of para-hydroxylation sites is 1. The fraction of sp³-hybridized carbons (Fsp3) is 0.708. The van der Waals surface area contributed by atoms with E-state index < -0.39 is 43.1 Å². The van der Waals surface area contributed by atoms with Crippen LogP contribution in [0.3, 0.4) is 0 Å². The maximum atomic E-state index is 13.8. The fourth-order valence-corrected chi connectivity index (χ4v) is 4.25. The molecule has 9 heteroatoms. The van der Waals surface area contributed by atoms with Crippen molar-refractivity contribution in [3.8, 4) is 0 Å². The smallest absolute Gasteiger partial charge is 0.412 e. The number of hydrogen-bond acceptors (Lipinski definition) is 7. The van der Waals surface area contributed by atoms with Crippen molar-refractivity contribution in [2.45, 2.75) is 76.7 Å². The summed E-state index contributed by atoms with van der Waals surface area (Å²) >= 11 is 0. The summed E-state index contributed by atoms with van der Waals surface area (Å²) in [4.78, 5) is 12.2. The summed E-state index contributed by atoms with van der Waals surface area (Å²) in [6.07, 6.45) is -1.07. The summed E-state index contributed by atoms with van der Waals surface area (Å²) in [5.74, 6) is 0.623. The van der Waals surface area contributed by atoms with Crippen LogP contribution < -0.4 is 5.32 Å². The van der Waals surface area contributed by atoms with E-state index in [-0.39, 0.29) is 30.7 Å². The van der Waals surface area contributed by atoms with Crippen LogP contribution in [0.2, 0.25) is 0 Å². The van der Waals surface area contributed by atoms with Crippen molar-refractivity contribution >= 4 is 11.8 Å². The molecule has 1 saturated heterocycles. The number of carbonyl (C=O) groups is 1. The normalized spacial score (nSPS) is 28.1. The van der Waals surface area contributed by atoms with Gasteiger partial charge >= 0.3 is 6.09 Å². The molecule has 8 nitrogen and oxygen atoms in total. The molecule has 1 saturated carbocycles. The molecule has 4 N–H and O–H groups in total. The van der Waals surface area contributed by atoms with E-state index in [0.29, 0.717) is 5.92 Å². The molecule has 0 radical (unpaired) electrons. The Morgan fingerprint density at radius 1 is 1.24 bits per heavy atom. The van der Waals surface area contributed by atoms with Crippen LogP contribution in [-0.4, -0.2) is 65.3 Å². The van der Waals surface area contributed by atoms with Crippen LogP contribution in [-0.2, 0) is 14.2 Å². The summed E-state index contributed by atoms with van der Waals surface area (Å²) < 4.78 is 30.9. The number of amides is 1. The second-order valence-corrected chi connectivity index (χ2v) is 9.29. The minimum atomic E-state index is -1.15. The topological polar surface area (TPSA) is 117 Å². The highest BCUT2D eigenvalue weighted by atomic mass is 19.1. The van der Waals surface area contributed by atoms with Gasteiger partial charge in [0, 0.05) is 18.9 Å². The first-order valence-electron chi connectivity index (χ1n) is 11.7. The molecule has 2 unspecified atom stereocenters. The van der Waals surface area contributed by atoms with Crippen molar-refractivity contribution in [1.29, 1.82) is 0 Å². The third-order valence-electron chi connectivity index (χ3n) is 6.62. The molecule has 1 aliphatic heterocycles. The molecule has 1 heterocycles. The SMILES string of the molecule is CC(CC[C@H](OC1C[C@@H](O)[C@H](OC(=O)Nc2ccccc2F)[C@@H](CO)O1)[C@H](C)CO)C1CC1. The lowest BCUT2D eigenvalue weighted by Crippen LogP contribution is -2.53. The van der Waals surface area contributed by atoms with Gasteiger partial charge in [-0.05, 0) is 49.7 Å². The van der Waals surface area contributed by atoms with Crippen molar-refractivity contribution in [2.24, 2.45) is 17.8 Å². The highest BCUT2D eigenvalue weighted by Crippen LogP contribution is 2.39. The third kappa shape index (κ3) is 7.35. The third-order valence-corrected chi connectivity index (χ3v) is 6.62. The van der Waals surface area contributed by atoms with Gasteiger partial charge in [0.2, 0.25) is 0 Å². The number of halogens is 1. The molecule has 0 spiro atoms. The van der Waals surface area contributed by atoms with Crippen LogP contribution in [0.4, 0.5) is 14.9 Å². The van der Waals surface area contributed by atoms with Gasteiger partial charge in [-0.2, -0.15) is 0 Å². The second kappa shape index (κ2) is 12.1. The number of ether oxygens (including phenoxy) is 3. The molecule has 7 atom stereocenters. The van der Waals surface area contributed by atoms with E-state index in [9.17, 15) is 24.5 Å². The van der Waals surface area contributed by atoms with Crippen molar-refractivity contribution in [3.05, 3.63) is 30.1 Å². The minimum Gasteiger partial charge on any atom is -0.440 e. The minimum absolute atomic E-state index is 0.0287. The molecule has 186 valence electrons. The van der Waals surface area contributed by atoms with Gasteiger partial charge < -0.3 is 29.5 Å². The van der Waals surface area contributed by atoms with Gasteiger partial charge in [-0.1, -0.05) is 26.0 Å². The van der Waals surface area contributed by atoms with Crippen LogP contribution in [0.5, 0.6) is 0 Å². The number of rotatable bonds is 11. The molecule has 0 bridgehead atoms. The monoisotopic (exact) mass is 469 g/mol. The molecule has 2 aliphatic rings. The highest BCUT2D eigenvalue weighted by molar-refractivity contribution is 5.84. The Balaban J connectivity index is 1.56. The Bertz CT molecular complexity index is 762. The average Bonchev–Trinajstić information content (AvgIpc) is 3.64. The van der Waals surface area contributed by atoms with E-state index in [1.807, 2.05) is 6.92 Å². The summed E-state index contributed by atoms with van der Waals surface area (Å²) in [5, 5.41) is 32.3. The molecule has 1 aromatic carbocycles. The zero-order chi connectivity index (χ0) is 24.0. The quantitative estimate of drug-likeness (QED) is 0.393. The van der Waals surface area contributed by atoms with Crippen LogP contribution >= 0.6 is 0 Å². The maximum Gasteiger partial charge on any atom is 0.412 e. The molecular formula is C24H36FNO7. The van der Waals surface area contributed by atoms with Gasteiger partial charge in [-0.15, -0.1) is 0 Å². The predicted molar refractivity (Wildman–Crippen MR) is 119 cm³/mol. The van der Waals surface area contributed by atoms with Crippen molar-refractivity contribution in [3.63, 3.8) is 0 Å². The molecule has 3 rings (SSSR count). The Labute approximate surface area is 194 Å². The number of anilines is 1. The average molecular weight is 470 g/mol. The van der Waals surface area contributed by atoms with Crippen molar-refractivity contribution < 1.29 is 38.7 Å². The summed E-state index contributed by atoms with van der Waals surface area (Å²) in [6.45, 7) is 3.58. The van der Waals surface area contributed by atoms with Gasteiger partial charge in [0.25, 0.3) is 0 Å². The number of aliphatic hydroxyl groups excluding tert-OH is 3. The van der Waals surface area contributed by atoms with E-state index in [4.69, 9.17) is 14.2 Å². The van der Waals surface area contributed by atoms with Crippen LogP contribution in [0, 0.1) is 23.6 Å². The van der Waals surface area contributed by atoms with E-state index in [1.54, 1.807) is 6.07 Å².